The lowest BCUT2D eigenvalue weighted by atomic mass is 10.2. The Labute approximate surface area is 150 Å². The van der Waals surface area contributed by atoms with Crippen LogP contribution in [0.25, 0.3) is 11.3 Å². The monoisotopic (exact) mass is 359 g/mol. The zero-order valence-electron chi connectivity index (χ0n) is 13.7. The van der Waals surface area contributed by atoms with E-state index in [1.54, 1.807) is 30.6 Å². The molecule has 0 radical (unpaired) electrons. The first kappa shape index (κ1) is 17.3. The van der Waals surface area contributed by atoms with E-state index in [9.17, 15) is 9.90 Å². The number of aryl methyl sites for hydroxylation is 1. The Morgan fingerprint density at radius 3 is 2.80 bits per heavy atom. The third kappa shape index (κ3) is 3.75. The van der Waals surface area contributed by atoms with E-state index in [0.29, 0.717) is 10.8 Å². The summed E-state index contributed by atoms with van der Waals surface area (Å²) in [4.78, 5) is 18.5. The van der Waals surface area contributed by atoms with Gasteiger partial charge in [0.25, 0.3) is 5.91 Å². The lowest BCUT2D eigenvalue weighted by Gasteiger charge is -2.20. The molecule has 0 bridgehead atoms. The summed E-state index contributed by atoms with van der Waals surface area (Å²) in [5.74, 6) is 1.13. The van der Waals surface area contributed by atoms with Crippen LogP contribution in [0.4, 0.5) is 0 Å². The molecule has 0 aliphatic rings. The number of carbonyl (C=O) groups is 1. The van der Waals surface area contributed by atoms with Crippen molar-refractivity contribution in [2.24, 2.45) is 7.05 Å². The first-order valence-corrected chi connectivity index (χ1v) is 8.19. The number of hydrogen-bond acceptors (Lipinski definition) is 4. The van der Waals surface area contributed by atoms with Crippen LogP contribution in [0.5, 0.6) is 0 Å². The standard InChI is InChI=1S/C18H18ClN3O3/c1-21-9-8-20-17(21)12-22(10-11-23)18(24)16-7-6-15(25-16)13-4-2-3-5-14(13)19/h2-9,23H,10-12H2,1H3. The van der Waals surface area contributed by atoms with Crippen LogP contribution in [0.1, 0.15) is 16.4 Å². The highest BCUT2D eigenvalue weighted by molar-refractivity contribution is 6.33. The molecule has 0 saturated heterocycles. The molecule has 2 aromatic heterocycles. The summed E-state index contributed by atoms with van der Waals surface area (Å²) >= 11 is 6.17. The van der Waals surface area contributed by atoms with Gasteiger partial charge in [-0.15, -0.1) is 0 Å². The Kier molecular flexibility index (Phi) is 5.21. The average molecular weight is 360 g/mol. The highest BCUT2D eigenvalue weighted by Crippen LogP contribution is 2.29. The van der Waals surface area contributed by atoms with Crippen LogP contribution in [0.3, 0.4) is 0 Å². The van der Waals surface area contributed by atoms with Crippen molar-refractivity contribution in [3.63, 3.8) is 0 Å². The van der Waals surface area contributed by atoms with Gasteiger partial charge in [0.05, 0.1) is 18.2 Å². The summed E-state index contributed by atoms with van der Waals surface area (Å²) in [6.45, 7) is 0.326. The number of hydrogen-bond donors (Lipinski definition) is 1. The average Bonchev–Trinajstić information content (AvgIpc) is 3.24. The predicted octanol–water partition coefficient (Wildman–Crippen LogP) is 2.97. The maximum atomic E-state index is 12.8. The summed E-state index contributed by atoms with van der Waals surface area (Å²) in [7, 11) is 1.85. The van der Waals surface area contributed by atoms with E-state index < -0.39 is 0 Å². The number of nitrogens with zero attached hydrogens (tertiary/aromatic N) is 3. The number of aromatic nitrogens is 2. The van der Waals surface area contributed by atoms with Gasteiger partial charge in [0, 0.05) is 31.5 Å². The van der Waals surface area contributed by atoms with Gasteiger partial charge < -0.3 is 19.0 Å². The number of carbonyl (C=O) groups excluding carboxylic acids is 1. The molecule has 0 unspecified atom stereocenters. The second-order valence-electron chi connectivity index (χ2n) is 5.55. The maximum absolute atomic E-state index is 12.8. The van der Waals surface area contributed by atoms with E-state index >= 15 is 0 Å². The molecule has 0 atom stereocenters. The van der Waals surface area contributed by atoms with Crippen molar-refractivity contribution >= 4 is 17.5 Å². The summed E-state index contributed by atoms with van der Waals surface area (Å²) < 4.78 is 7.53. The van der Waals surface area contributed by atoms with Gasteiger partial charge in [-0.3, -0.25) is 4.79 Å². The van der Waals surface area contributed by atoms with Gasteiger partial charge in [-0.05, 0) is 24.3 Å². The number of rotatable bonds is 6. The van der Waals surface area contributed by atoms with Gasteiger partial charge in [-0.1, -0.05) is 23.7 Å². The number of halogens is 1. The van der Waals surface area contributed by atoms with Crippen molar-refractivity contribution in [1.29, 1.82) is 0 Å². The molecule has 25 heavy (non-hydrogen) atoms. The molecule has 0 saturated carbocycles. The van der Waals surface area contributed by atoms with E-state index in [1.165, 1.54) is 4.90 Å². The summed E-state index contributed by atoms with van der Waals surface area (Å²) in [6, 6.07) is 10.6. The van der Waals surface area contributed by atoms with Crippen LogP contribution >= 0.6 is 11.6 Å². The topological polar surface area (TPSA) is 71.5 Å². The fraction of sp³-hybridized carbons (Fsp3) is 0.222. The molecular formula is C18H18ClN3O3. The highest BCUT2D eigenvalue weighted by Gasteiger charge is 2.21. The number of furan rings is 1. The fourth-order valence-corrected chi connectivity index (χ4v) is 2.74. The van der Waals surface area contributed by atoms with Gasteiger partial charge in [-0.25, -0.2) is 4.98 Å². The SMILES string of the molecule is Cn1ccnc1CN(CCO)C(=O)c1ccc(-c2ccccc2Cl)o1. The van der Waals surface area contributed by atoms with Crippen LogP contribution < -0.4 is 0 Å². The van der Waals surface area contributed by atoms with Crippen molar-refractivity contribution in [2.45, 2.75) is 6.54 Å². The van der Waals surface area contributed by atoms with Gasteiger partial charge >= 0.3 is 0 Å². The largest absolute Gasteiger partial charge is 0.451 e. The molecule has 0 fully saturated rings. The zero-order valence-corrected chi connectivity index (χ0v) is 14.5. The Balaban J connectivity index is 1.83. The zero-order chi connectivity index (χ0) is 17.8. The molecule has 0 aliphatic heterocycles. The normalized spacial score (nSPS) is 10.8. The Hall–Kier alpha value is -2.57. The van der Waals surface area contributed by atoms with Gasteiger partial charge in [-0.2, -0.15) is 0 Å². The Morgan fingerprint density at radius 1 is 1.32 bits per heavy atom. The molecule has 130 valence electrons. The minimum absolute atomic E-state index is 0.145. The van der Waals surface area contributed by atoms with E-state index in [4.69, 9.17) is 16.0 Å². The molecule has 3 aromatic rings. The molecule has 1 N–H and O–H groups in total. The second kappa shape index (κ2) is 7.55. The van der Waals surface area contributed by atoms with Gasteiger partial charge in [0.15, 0.2) is 5.76 Å². The molecular weight excluding hydrogens is 342 g/mol. The molecule has 0 spiro atoms. The van der Waals surface area contributed by atoms with E-state index in [0.717, 1.165) is 11.4 Å². The number of aliphatic hydroxyl groups is 1. The van der Waals surface area contributed by atoms with Crippen LogP contribution in [0.15, 0.2) is 53.2 Å². The smallest absolute Gasteiger partial charge is 0.290 e. The van der Waals surface area contributed by atoms with Crippen molar-refractivity contribution in [2.75, 3.05) is 13.2 Å². The quantitative estimate of drug-likeness (QED) is 0.734. The number of imidazole rings is 1. The molecule has 2 heterocycles. The number of aliphatic hydroxyl groups excluding tert-OH is 1. The van der Waals surface area contributed by atoms with Gasteiger partial charge in [0.1, 0.15) is 11.6 Å². The minimum atomic E-state index is -0.310. The lowest BCUT2D eigenvalue weighted by molar-refractivity contribution is 0.0670. The minimum Gasteiger partial charge on any atom is -0.451 e. The number of benzene rings is 1. The van der Waals surface area contributed by atoms with E-state index in [1.807, 2.05) is 29.8 Å². The maximum Gasteiger partial charge on any atom is 0.290 e. The number of amides is 1. The summed E-state index contributed by atoms with van der Waals surface area (Å²) in [6.07, 6.45) is 3.47. The Bertz CT molecular complexity index is 872. The second-order valence-corrected chi connectivity index (χ2v) is 5.96. The van der Waals surface area contributed by atoms with Crippen molar-refractivity contribution < 1.29 is 14.3 Å². The third-order valence-electron chi connectivity index (χ3n) is 3.87. The molecule has 3 rings (SSSR count). The first-order valence-electron chi connectivity index (χ1n) is 7.81. The van der Waals surface area contributed by atoms with Crippen molar-refractivity contribution in [3.8, 4) is 11.3 Å². The molecule has 1 aromatic carbocycles. The molecule has 7 heteroatoms. The third-order valence-corrected chi connectivity index (χ3v) is 4.20. The summed E-state index contributed by atoms with van der Waals surface area (Å²) in [5, 5.41) is 9.83. The first-order chi connectivity index (χ1) is 12.1. The van der Waals surface area contributed by atoms with Crippen molar-refractivity contribution in [1.82, 2.24) is 14.5 Å². The van der Waals surface area contributed by atoms with E-state index in [2.05, 4.69) is 4.98 Å². The summed E-state index contributed by atoms with van der Waals surface area (Å²) in [5.41, 5.74) is 0.723. The van der Waals surface area contributed by atoms with Crippen LogP contribution in [-0.2, 0) is 13.6 Å². The van der Waals surface area contributed by atoms with E-state index in [-0.39, 0.29) is 31.4 Å². The Morgan fingerprint density at radius 2 is 2.12 bits per heavy atom. The van der Waals surface area contributed by atoms with Crippen LogP contribution in [-0.4, -0.2) is 38.6 Å². The molecule has 6 nitrogen and oxygen atoms in total. The van der Waals surface area contributed by atoms with Crippen LogP contribution in [0, 0.1) is 0 Å². The highest BCUT2D eigenvalue weighted by atomic mass is 35.5. The molecule has 1 amide bonds. The van der Waals surface area contributed by atoms with Gasteiger partial charge in [0.2, 0.25) is 0 Å². The van der Waals surface area contributed by atoms with Crippen molar-refractivity contribution in [3.05, 3.63) is 65.4 Å². The lowest BCUT2D eigenvalue weighted by Crippen LogP contribution is -2.33. The van der Waals surface area contributed by atoms with Crippen LogP contribution in [0.2, 0.25) is 5.02 Å². The molecule has 0 aliphatic carbocycles. The predicted molar refractivity (Wildman–Crippen MR) is 94.2 cm³/mol. The fourth-order valence-electron chi connectivity index (χ4n) is 2.51.